The molecule has 1 fully saturated rings. The van der Waals surface area contributed by atoms with Crippen molar-refractivity contribution in [2.45, 2.75) is 64.3 Å². The summed E-state index contributed by atoms with van der Waals surface area (Å²) in [5, 5.41) is 15.0. The van der Waals surface area contributed by atoms with Crippen LogP contribution in [0.1, 0.15) is 26.3 Å². The average Bonchev–Trinajstić information content (AvgIpc) is 3.41. The molecule has 9 nitrogen and oxygen atoms in total. The lowest BCUT2D eigenvalue weighted by Crippen LogP contribution is -2.66. The van der Waals surface area contributed by atoms with Gasteiger partial charge >= 0.3 is 6.09 Å². The molecule has 3 aromatic heterocycles. The summed E-state index contributed by atoms with van der Waals surface area (Å²) in [7, 11) is -1.19. The molecule has 0 radical (unpaired) electrons. The third-order valence-corrected chi connectivity index (χ3v) is 8.07. The third-order valence-electron chi connectivity index (χ3n) is 6.36. The molecule has 11 heteroatoms. The van der Waals surface area contributed by atoms with E-state index >= 15 is 0 Å². The monoisotopic (exact) mass is 526 g/mol. The minimum Gasteiger partial charge on any atom is -0.444 e. The van der Waals surface area contributed by atoms with E-state index in [2.05, 4.69) is 35.8 Å². The van der Waals surface area contributed by atoms with Gasteiger partial charge in [0.25, 0.3) is 0 Å². The lowest BCUT2D eigenvalue weighted by Gasteiger charge is -2.48. The number of pyridine rings is 1. The van der Waals surface area contributed by atoms with Crippen LogP contribution in [0.15, 0.2) is 30.9 Å². The number of likely N-dealkylation sites (tertiary alicyclic amines) is 1. The van der Waals surface area contributed by atoms with Crippen LogP contribution in [0.2, 0.25) is 25.7 Å². The molecule has 0 aliphatic carbocycles. The first kappa shape index (κ1) is 26.8. The van der Waals surface area contributed by atoms with Gasteiger partial charge in [0.05, 0.1) is 24.8 Å². The fourth-order valence-electron chi connectivity index (χ4n) is 4.30. The number of alkyl halides is 1. The van der Waals surface area contributed by atoms with Gasteiger partial charge in [-0.3, -0.25) is 4.68 Å². The summed E-state index contributed by atoms with van der Waals surface area (Å²) in [5.74, 6) is 0. The zero-order valence-electron chi connectivity index (χ0n) is 22.4. The zero-order chi connectivity index (χ0) is 27.0. The molecular weight excluding hydrogens is 491 g/mol. The molecule has 0 atom stereocenters. The van der Waals surface area contributed by atoms with Gasteiger partial charge in [0.15, 0.2) is 0 Å². The van der Waals surface area contributed by atoms with Crippen LogP contribution in [0.25, 0.3) is 22.2 Å². The number of ether oxygens (including phenoxy) is 2. The van der Waals surface area contributed by atoms with Gasteiger partial charge in [-0.1, -0.05) is 19.6 Å². The Kier molecular flexibility index (Phi) is 7.18. The summed E-state index contributed by atoms with van der Waals surface area (Å²) in [6.07, 6.45) is 6.34. The second-order valence-electron chi connectivity index (χ2n) is 11.9. The number of nitriles is 1. The van der Waals surface area contributed by atoms with E-state index in [0.717, 1.165) is 11.4 Å². The smallest absolute Gasteiger partial charge is 0.410 e. The van der Waals surface area contributed by atoms with Crippen LogP contribution in [0.3, 0.4) is 0 Å². The van der Waals surface area contributed by atoms with E-state index in [-0.39, 0.29) is 13.1 Å². The number of amides is 1. The van der Waals surface area contributed by atoms with Crippen LogP contribution < -0.4 is 0 Å². The van der Waals surface area contributed by atoms with Crippen molar-refractivity contribution in [3.8, 4) is 17.2 Å². The molecule has 0 aromatic carbocycles. The van der Waals surface area contributed by atoms with Gasteiger partial charge in [0.1, 0.15) is 36.3 Å². The van der Waals surface area contributed by atoms with Crippen molar-refractivity contribution >= 4 is 25.2 Å². The highest BCUT2D eigenvalue weighted by molar-refractivity contribution is 6.76. The Morgan fingerprint density at radius 1 is 1.27 bits per heavy atom. The molecule has 0 unspecified atom stereocenters. The SMILES string of the molecule is CC(C)(C)OC(=O)N1CC(CF)(n2cc(-c3c(C#N)cnc4c3ccn4COCC[Si](C)(C)C)cn2)C1. The Morgan fingerprint density at radius 2 is 2.00 bits per heavy atom. The maximum atomic E-state index is 14.3. The molecule has 1 aliphatic heterocycles. The predicted octanol–water partition coefficient (Wildman–Crippen LogP) is 5.00. The molecular formula is C26H35FN6O3Si. The summed E-state index contributed by atoms with van der Waals surface area (Å²) in [5.41, 5.74) is 0.893. The predicted molar refractivity (Wildman–Crippen MR) is 142 cm³/mol. The number of carbonyl (C=O) groups excluding carboxylic acids is 1. The van der Waals surface area contributed by atoms with E-state index < -0.39 is 32.0 Å². The first-order valence-corrected chi connectivity index (χ1v) is 16.1. The van der Waals surface area contributed by atoms with Crippen LogP contribution in [0.5, 0.6) is 0 Å². The molecule has 0 N–H and O–H groups in total. The number of hydrogen-bond donors (Lipinski definition) is 0. The first-order valence-electron chi connectivity index (χ1n) is 12.4. The molecule has 37 heavy (non-hydrogen) atoms. The lowest BCUT2D eigenvalue weighted by molar-refractivity contribution is -0.0410. The molecule has 4 rings (SSSR count). The molecule has 4 heterocycles. The number of nitrogens with zero attached hydrogens (tertiary/aromatic N) is 6. The Morgan fingerprint density at radius 3 is 2.62 bits per heavy atom. The fraction of sp³-hybridized carbons (Fsp3) is 0.538. The maximum Gasteiger partial charge on any atom is 0.410 e. The summed E-state index contributed by atoms with van der Waals surface area (Å²) in [6.45, 7) is 13.0. The fourth-order valence-corrected chi connectivity index (χ4v) is 5.06. The van der Waals surface area contributed by atoms with E-state index in [9.17, 15) is 14.4 Å². The highest BCUT2D eigenvalue weighted by atomic mass is 28.3. The second kappa shape index (κ2) is 9.91. The second-order valence-corrected chi connectivity index (χ2v) is 17.5. The van der Waals surface area contributed by atoms with Gasteiger partial charge in [-0.15, -0.1) is 0 Å². The minimum atomic E-state index is -1.19. The van der Waals surface area contributed by atoms with Gasteiger partial charge in [-0.2, -0.15) is 10.4 Å². The standard InChI is InChI=1S/C26H35FN6O3Si/c1-25(2,3)36-24(34)32-16-26(15-27,17-32)33-14-20(13-30-33)22-19(11-28)12-29-23-21(22)7-8-31(23)18-35-9-10-37(4,5)6/h7-8,12-14H,9-10,15-18H2,1-6H3. The Hall–Kier alpha value is -3.23. The van der Waals surface area contributed by atoms with E-state index in [1.807, 2.05) is 16.8 Å². The van der Waals surface area contributed by atoms with E-state index in [1.165, 1.54) is 4.90 Å². The Labute approximate surface area is 217 Å². The number of carbonyl (C=O) groups is 1. The Bertz CT molecular complexity index is 1320. The van der Waals surface area contributed by atoms with Gasteiger partial charge in [-0.05, 0) is 32.9 Å². The van der Waals surface area contributed by atoms with Crippen LogP contribution in [0, 0.1) is 11.3 Å². The maximum absolute atomic E-state index is 14.3. The van der Waals surface area contributed by atoms with Crippen LogP contribution in [0.4, 0.5) is 9.18 Å². The number of fused-ring (bicyclic) bond motifs is 1. The normalized spacial score (nSPS) is 15.5. The number of aromatic nitrogens is 4. The molecule has 0 saturated carbocycles. The van der Waals surface area contributed by atoms with Crippen molar-refractivity contribution in [3.05, 3.63) is 36.4 Å². The molecule has 1 aliphatic rings. The minimum absolute atomic E-state index is 0.154. The molecule has 0 spiro atoms. The van der Waals surface area contributed by atoms with Crippen molar-refractivity contribution in [2.75, 3.05) is 26.4 Å². The summed E-state index contributed by atoms with van der Waals surface area (Å²) >= 11 is 0. The average molecular weight is 527 g/mol. The summed E-state index contributed by atoms with van der Waals surface area (Å²) < 4.78 is 29.1. The quantitative estimate of drug-likeness (QED) is 0.303. The highest BCUT2D eigenvalue weighted by Gasteiger charge is 2.49. The van der Waals surface area contributed by atoms with Crippen LogP contribution >= 0.6 is 0 Å². The van der Waals surface area contributed by atoms with Crippen molar-refractivity contribution in [2.24, 2.45) is 0 Å². The van der Waals surface area contributed by atoms with Gasteiger partial charge in [0, 0.05) is 49.8 Å². The summed E-state index contributed by atoms with van der Waals surface area (Å²) in [6, 6.07) is 5.21. The largest absolute Gasteiger partial charge is 0.444 e. The lowest BCUT2D eigenvalue weighted by atomic mass is 9.92. The molecule has 1 saturated heterocycles. The molecule has 3 aromatic rings. The third kappa shape index (κ3) is 5.70. The van der Waals surface area contributed by atoms with Crippen molar-refractivity contribution in [1.29, 1.82) is 5.26 Å². The van der Waals surface area contributed by atoms with Gasteiger partial charge in [0.2, 0.25) is 0 Å². The van der Waals surface area contributed by atoms with Gasteiger partial charge < -0.3 is 18.9 Å². The highest BCUT2D eigenvalue weighted by Crippen LogP contribution is 2.35. The van der Waals surface area contributed by atoms with Crippen molar-refractivity contribution in [1.82, 2.24) is 24.2 Å². The number of hydrogen-bond acceptors (Lipinski definition) is 6. The number of rotatable bonds is 8. The number of halogens is 1. The first-order chi connectivity index (χ1) is 17.4. The van der Waals surface area contributed by atoms with E-state index in [4.69, 9.17) is 9.47 Å². The summed E-state index contributed by atoms with van der Waals surface area (Å²) in [4.78, 5) is 18.4. The zero-order valence-corrected chi connectivity index (χ0v) is 23.4. The van der Waals surface area contributed by atoms with Crippen LogP contribution in [-0.2, 0) is 21.7 Å². The van der Waals surface area contributed by atoms with Crippen molar-refractivity contribution < 1.29 is 18.7 Å². The Balaban J connectivity index is 1.57. The molecule has 198 valence electrons. The van der Waals surface area contributed by atoms with E-state index in [1.54, 1.807) is 44.0 Å². The molecule has 1 amide bonds. The molecule has 0 bridgehead atoms. The topological polar surface area (TPSA) is 98.2 Å². The van der Waals surface area contributed by atoms with Crippen molar-refractivity contribution in [3.63, 3.8) is 0 Å². The van der Waals surface area contributed by atoms with E-state index in [0.29, 0.717) is 35.7 Å². The van der Waals surface area contributed by atoms with Gasteiger partial charge in [-0.25, -0.2) is 14.2 Å². The van der Waals surface area contributed by atoms with Crippen LogP contribution in [-0.4, -0.2) is 70.4 Å².